The van der Waals surface area contributed by atoms with Gasteiger partial charge in [-0.25, -0.2) is 4.39 Å². The molecule has 1 aliphatic heterocycles. The van der Waals surface area contributed by atoms with Crippen LogP contribution >= 0.6 is 0 Å². The summed E-state index contributed by atoms with van der Waals surface area (Å²) in [5.41, 5.74) is -0.222. The normalized spacial score (nSPS) is 22.6. The summed E-state index contributed by atoms with van der Waals surface area (Å²) in [7, 11) is 0. The predicted molar refractivity (Wildman–Crippen MR) is 108 cm³/mol. The Morgan fingerprint density at radius 3 is 2.66 bits per heavy atom. The van der Waals surface area contributed by atoms with Crippen molar-refractivity contribution in [1.82, 2.24) is 0 Å². The largest absolute Gasteiger partial charge is 0.507 e. The van der Waals surface area contributed by atoms with Crippen molar-refractivity contribution in [3.8, 4) is 5.75 Å². The van der Waals surface area contributed by atoms with E-state index in [1.54, 1.807) is 24.3 Å². The van der Waals surface area contributed by atoms with Crippen LogP contribution in [0.2, 0.25) is 0 Å². The summed E-state index contributed by atoms with van der Waals surface area (Å²) in [4.78, 5) is 13.3. The quantitative estimate of drug-likeness (QED) is 0.633. The van der Waals surface area contributed by atoms with Crippen molar-refractivity contribution in [2.24, 2.45) is 0 Å². The van der Waals surface area contributed by atoms with E-state index in [0.717, 1.165) is 12.8 Å². The maximum Gasteiger partial charge on any atom is 0.200 e. The van der Waals surface area contributed by atoms with E-state index >= 15 is 0 Å². The van der Waals surface area contributed by atoms with Crippen LogP contribution in [0.3, 0.4) is 0 Å². The third kappa shape index (κ3) is 3.11. The average molecular weight is 394 g/mol. The van der Waals surface area contributed by atoms with E-state index in [4.69, 9.17) is 4.74 Å². The van der Waals surface area contributed by atoms with E-state index in [0.29, 0.717) is 24.2 Å². The Labute approximate surface area is 169 Å². The molecule has 0 radical (unpaired) electrons. The highest BCUT2D eigenvalue weighted by molar-refractivity contribution is 6.13. The summed E-state index contributed by atoms with van der Waals surface area (Å²) in [6.45, 7) is 2.05. The number of hydrogen-bond acceptors (Lipinski definition) is 4. The first-order valence-corrected chi connectivity index (χ1v) is 9.92. The standard InChI is InChI=1S/C24H23FO4/c1-2-3-13-24-14-12-17(21(26)15-8-4-6-10-18(15)25)23(28)20(24)22(27)16-9-5-7-11-19(16)29-24/h4-11,26,28H,2-3,12-14H2,1H3/b21-17+/t24-/m1/s1. The second kappa shape index (κ2) is 7.39. The molecule has 2 aromatic carbocycles. The second-order valence-corrected chi connectivity index (χ2v) is 7.56. The van der Waals surface area contributed by atoms with Crippen LogP contribution in [-0.4, -0.2) is 21.6 Å². The molecule has 0 amide bonds. The van der Waals surface area contributed by atoms with Crippen LogP contribution < -0.4 is 4.74 Å². The van der Waals surface area contributed by atoms with Gasteiger partial charge in [0.15, 0.2) is 5.78 Å². The zero-order valence-corrected chi connectivity index (χ0v) is 16.2. The monoisotopic (exact) mass is 394 g/mol. The number of ketones is 1. The fraction of sp³-hybridized carbons (Fsp3) is 0.292. The molecule has 0 unspecified atom stereocenters. The SMILES string of the molecule is CCCC[C@@]12CC/C(=C(\O)c3ccccc3F)C(O)=C1C(=O)c1ccccc1O2. The number of hydrogen-bond donors (Lipinski definition) is 2. The number of fused-ring (bicyclic) bond motifs is 2. The van der Waals surface area contributed by atoms with Crippen LogP contribution in [0.4, 0.5) is 4.39 Å². The molecule has 0 fully saturated rings. The number of ether oxygens (including phenoxy) is 1. The number of Topliss-reactive ketones (excluding diaryl/α,β-unsaturated/α-hetero) is 1. The van der Waals surface area contributed by atoms with Gasteiger partial charge in [-0.2, -0.15) is 0 Å². The van der Waals surface area contributed by atoms with Gasteiger partial charge in [0.05, 0.1) is 16.7 Å². The summed E-state index contributed by atoms with van der Waals surface area (Å²) in [6.07, 6.45) is 3.01. The fourth-order valence-electron chi connectivity index (χ4n) is 4.25. The van der Waals surface area contributed by atoms with Crippen LogP contribution in [0.25, 0.3) is 5.76 Å². The Hall–Kier alpha value is -3.08. The molecule has 0 spiro atoms. The molecule has 2 aliphatic rings. The van der Waals surface area contributed by atoms with Crippen molar-refractivity contribution < 1.29 is 24.1 Å². The zero-order chi connectivity index (χ0) is 20.6. The molecule has 1 aliphatic carbocycles. The van der Waals surface area contributed by atoms with E-state index < -0.39 is 11.4 Å². The van der Waals surface area contributed by atoms with E-state index in [1.165, 1.54) is 18.2 Å². The maximum atomic E-state index is 14.2. The minimum absolute atomic E-state index is 0.000264. The summed E-state index contributed by atoms with van der Waals surface area (Å²) in [5.74, 6) is -1.03. The van der Waals surface area contributed by atoms with Crippen LogP contribution in [0.5, 0.6) is 5.75 Å². The molecular weight excluding hydrogens is 371 g/mol. The molecule has 150 valence electrons. The van der Waals surface area contributed by atoms with Crippen LogP contribution in [0.1, 0.15) is 54.9 Å². The van der Waals surface area contributed by atoms with Gasteiger partial charge in [0.25, 0.3) is 0 Å². The number of halogens is 1. The first-order chi connectivity index (χ1) is 14.0. The molecular formula is C24H23FO4. The fourth-order valence-corrected chi connectivity index (χ4v) is 4.25. The molecule has 2 aromatic rings. The number of carbonyl (C=O) groups is 1. The Kier molecular flexibility index (Phi) is 4.91. The van der Waals surface area contributed by atoms with Gasteiger partial charge in [-0.15, -0.1) is 0 Å². The smallest absolute Gasteiger partial charge is 0.200 e. The van der Waals surface area contributed by atoms with Crippen LogP contribution in [0, 0.1) is 5.82 Å². The third-order valence-corrected chi connectivity index (χ3v) is 5.77. The summed E-state index contributed by atoms with van der Waals surface area (Å²) in [6, 6.07) is 12.8. The summed E-state index contributed by atoms with van der Waals surface area (Å²) in [5, 5.41) is 21.8. The van der Waals surface area contributed by atoms with Crippen molar-refractivity contribution in [3.63, 3.8) is 0 Å². The predicted octanol–water partition coefficient (Wildman–Crippen LogP) is 5.91. The molecule has 4 rings (SSSR count). The Morgan fingerprint density at radius 2 is 1.90 bits per heavy atom. The van der Waals surface area contributed by atoms with E-state index in [2.05, 4.69) is 6.92 Å². The van der Waals surface area contributed by atoms with Gasteiger partial charge in [-0.3, -0.25) is 4.79 Å². The average Bonchev–Trinajstić information content (AvgIpc) is 2.72. The molecule has 1 heterocycles. The molecule has 2 N–H and O–H groups in total. The van der Waals surface area contributed by atoms with Crippen molar-refractivity contribution in [1.29, 1.82) is 0 Å². The Bertz CT molecular complexity index is 1040. The van der Waals surface area contributed by atoms with Crippen molar-refractivity contribution in [2.45, 2.75) is 44.6 Å². The summed E-state index contributed by atoms with van der Waals surface area (Å²) >= 11 is 0. The first-order valence-electron chi connectivity index (χ1n) is 9.92. The topological polar surface area (TPSA) is 66.8 Å². The van der Waals surface area contributed by atoms with Gasteiger partial charge in [-0.05, 0) is 49.9 Å². The summed E-state index contributed by atoms with van der Waals surface area (Å²) < 4.78 is 20.5. The minimum atomic E-state index is -0.940. The van der Waals surface area contributed by atoms with Crippen LogP contribution in [0.15, 0.2) is 65.4 Å². The Morgan fingerprint density at radius 1 is 1.17 bits per heavy atom. The lowest BCUT2D eigenvalue weighted by molar-refractivity contribution is 0.0536. The molecule has 1 atom stereocenters. The maximum absolute atomic E-state index is 14.2. The Balaban J connectivity index is 1.91. The highest BCUT2D eigenvalue weighted by Crippen LogP contribution is 2.49. The van der Waals surface area contributed by atoms with E-state index in [1.807, 2.05) is 6.07 Å². The number of carbonyl (C=O) groups excluding carboxylic acids is 1. The van der Waals surface area contributed by atoms with Gasteiger partial charge in [0, 0.05) is 5.57 Å². The first kappa shape index (κ1) is 19.2. The zero-order valence-electron chi connectivity index (χ0n) is 16.2. The molecule has 4 nitrogen and oxygen atoms in total. The molecule has 5 heteroatoms. The van der Waals surface area contributed by atoms with Gasteiger partial charge < -0.3 is 14.9 Å². The molecule has 0 bridgehead atoms. The molecule has 29 heavy (non-hydrogen) atoms. The second-order valence-electron chi connectivity index (χ2n) is 7.56. The third-order valence-electron chi connectivity index (χ3n) is 5.77. The molecule has 0 saturated carbocycles. The highest BCUT2D eigenvalue weighted by Gasteiger charge is 2.50. The lowest BCUT2D eigenvalue weighted by Gasteiger charge is -2.43. The number of para-hydroxylation sites is 1. The van der Waals surface area contributed by atoms with Gasteiger partial charge in [0.1, 0.15) is 28.7 Å². The van der Waals surface area contributed by atoms with Crippen LogP contribution in [-0.2, 0) is 0 Å². The molecule has 0 saturated heterocycles. The minimum Gasteiger partial charge on any atom is -0.507 e. The lowest BCUT2D eigenvalue weighted by Crippen LogP contribution is -2.47. The number of aliphatic hydroxyl groups excluding tert-OH is 2. The van der Waals surface area contributed by atoms with Gasteiger partial charge in [-0.1, -0.05) is 37.6 Å². The van der Waals surface area contributed by atoms with Crippen molar-refractivity contribution in [2.75, 3.05) is 0 Å². The van der Waals surface area contributed by atoms with Crippen molar-refractivity contribution in [3.05, 3.63) is 82.4 Å². The number of benzene rings is 2. The number of aliphatic hydroxyl groups is 2. The highest BCUT2D eigenvalue weighted by atomic mass is 19.1. The number of allylic oxidation sites excluding steroid dienone is 1. The number of unbranched alkanes of at least 4 members (excludes halogenated alkanes) is 1. The van der Waals surface area contributed by atoms with E-state index in [9.17, 15) is 19.4 Å². The van der Waals surface area contributed by atoms with Crippen molar-refractivity contribution >= 4 is 11.5 Å². The van der Waals surface area contributed by atoms with E-state index in [-0.39, 0.29) is 40.4 Å². The van der Waals surface area contributed by atoms with Gasteiger partial charge in [0.2, 0.25) is 0 Å². The molecule has 0 aromatic heterocycles. The number of rotatable bonds is 4. The lowest BCUT2D eigenvalue weighted by atomic mass is 9.72. The van der Waals surface area contributed by atoms with Gasteiger partial charge >= 0.3 is 0 Å².